The number of hydrogen-bond acceptors (Lipinski definition) is 7. The summed E-state index contributed by atoms with van der Waals surface area (Å²) in [4.78, 5) is 20.7. The van der Waals surface area contributed by atoms with Gasteiger partial charge in [-0.25, -0.2) is 8.42 Å². The fourth-order valence-corrected chi connectivity index (χ4v) is 4.49. The highest BCUT2D eigenvalue weighted by Crippen LogP contribution is 2.24. The first-order chi connectivity index (χ1) is 13.5. The first kappa shape index (κ1) is 18.1. The van der Waals surface area contributed by atoms with Crippen molar-refractivity contribution < 1.29 is 17.7 Å². The molecule has 3 aromatic rings. The van der Waals surface area contributed by atoms with Gasteiger partial charge < -0.3 is 9.84 Å². The van der Waals surface area contributed by atoms with Crippen LogP contribution in [0, 0.1) is 0 Å². The Morgan fingerprint density at radius 3 is 2.89 bits per heavy atom. The fourth-order valence-electron chi connectivity index (χ4n) is 2.93. The van der Waals surface area contributed by atoms with Crippen molar-refractivity contribution in [3.8, 4) is 11.4 Å². The number of rotatable bonds is 5. The Kier molecular flexibility index (Phi) is 4.78. The molecule has 3 heterocycles. The van der Waals surface area contributed by atoms with Gasteiger partial charge in [0.2, 0.25) is 21.7 Å². The first-order valence-electron chi connectivity index (χ1n) is 8.64. The van der Waals surface area contributed by atoms with Gasteiger partial charge in [0.25, 0.3) is 5.91 Å². The Morgan fingerprint density at radius 1 is 1.25 bits per heavy atom. The molecular formula is C18H17N5O4S. The zero-order valence-corrected chi connectivity index (χ0v) is 15.6. The normalized spacial score (nSPS) is 15.5. The molecule has 1 aliphatic rings. The van der Waals surface area contributed by atoms with Crippen molar-refractivity contribution in [2.24, 2.45) is 0 Å². The SMILES string of the molecule is O=C(NCc1nc(-c2cccnc2)no1)c1cccc(N2CCCS2(=O)=O)c1. The van der Waals surface area contributed by atoms with Crippen LogP contribution in [0.1, 0.15) is 22.7 Å². The number of carbonyl (C=O) groups is 1. The van der Waals surface area contributed by atoms with Gasteiger partial charge in [-0.15, -0.1) is 0 Å². The highest BCUT2D eigenvalue weighted by molar-refractivity contribution is 7.93. The second-order valence-electron chi connectivity index (χ2n) is 6.23. The minimum Gasteiger partial charge on any atom is -0.343 e. The number of nitrogens with zero attached hydrogens (tertiary/aromatic N) is 4. The third kappa shape index (κ3) is 3.72. The number of sulfonamides is 1. The number of anilines is 1. The number of nitrogens with one attached hydrogen (secondary N) is 1. The maximum atomic E-state index is 12.4. The lowest BCUT2D eigenvalue weighted by Gasteiger charge is -2.17. The number of aromatic nitrogens is 3. The summed E-state index contributed by atoms with van der Waals surface area (Å²) in [6.45, 7) is 0.477. The van der Waals surface area contributed by atoms with Gasteiger partial charge in [0.1, 0.15) is 0 Å². The van der Waals surface area contributed by atoms with E-state index < -0.39 is 10.0 Å². The fraction of sp³-hybridized carbons (Fsp3) is 0.222. The molecule has 1 aliphatic heterocycles. The van der Waals surface area contributed by atoms with E-state index in [1.165, 1.54) is 4.31 Å². The summed E-state index contributed by atoms with van der Waals surface area (Å²) in [7, 11) is -3.30. The number of benzene rings is 1. The molecule has 0 aliphatic carbocycles. The molecule has 0 radical (unpaired) electrons. The van der Waals surface area contributed by atoms with Gasteiger partial charge in [0, 0.05) is 30.1 Å². The van der Waals surface area contributed by atoms with Gasteiger partial charge in [0.15, 0.2) is 0 Å². The van der Waals surface area contributed by atoms with Crippen molar-refractivity contribution in [1.82, 2.24) is 20.4 Å². The van der Waals surface area contributed by atoms with Crippen LogP contribution in [0.15, 0.2) is 53.3 Å². The number of pyridine rings is 1. The van der Waals surface area contributed by atoms with Crippen molar-refractivity contribution in [2.75, 3.05) is 16.6 Å². The second-order valence-corrected chi connectivity index (χ2v) is 8.24. The van der Waals surface area contributed by atoms with E-state index in [1.54, 1.807) is 48.8 Å². The standard InChI is InChI=1S/C18H17N5O4S/c24-18(13-4-1-6-15(10-13)23-8-3-9-28(23,25)26)20-12-16-21-17(22-27-16)14-5-2-7-19-11-14/h1-2,4-7,10-11H,3,8-9,12H2,(H,20,24). The van der Waals surface area contributed by atoms with E-state index in [4.69, 9.17) is 4.52 Å². The largest absolute Gasteiger partial charge is 0.343 e. The van der Waals surface area contributed by atoms with E-state index in [0.29, 0.717) is 35.6 Å². The van der Waals surface area contributed by atoms with Crippen LogP contribution in [0.3, 0.4) is 0 Å². The van der Waals surface area contributed by atoms with Gasteiger partial charge in [-0.3, -0.25) is 14.1 Å². The zero-order chi connectivity index (χ0) is 19.6. The van der Waals surface area contributed by atoms with Crippen LogP contribution < -0.4 is 9.62 Å². The van der Waals surface area contributed by atoms with Crippen LogP contribution in [0.25, 0.3) is 11.4 Å². The average molecular weight is 399 g/mol. The van der Waals surface area contributed by atoms with Gasteiger partial charge in [-0.1, -0.05) is 11.2 Å². The molecule has 9 nitrogen and oxygen atoms in total. The number of hydrogen-bond donors (Lipinski definition) is 1. The highest BCUT2D eigenvalue weighted by Gasteiger charge is 2.28. The summed E-state index contributed by atoms with van der Waals surface area (Å²) in [6.07, 6.45) is 3.84. The minimum atomic E-state index is -3.30. The summed E-state index contributed by atoms with van der Waals surface area (Å²) in [5.41, 5.74) is 1.55. The molecule has 10 heteroatoms. The molecule has 1 saturated heterocycles. The summed E-state index contributed by atoms with van der Waals surface area (Å²) in [5.74, 6) is 0.406. The smallest absolute Gasteiger partial charge is 0.251 e. The van der Waals surface area contributed by atoms with Crippen molar-refractivity contribution in [3.05, 3.63) is 60.2 Å². The van der Waals surface area contributed by atoms with Crippen LogP contribution in [0.2, 0.25) is 0 Å². The number of carbonyl (C=O) groups excluding carboxylic acids is 1. The summed E-state index contributed by atoms with van der Waals surface area (Å²) < 4.78 is 30.6. The Morgan fingerprint density at radius 2 is 2.14 bits per heavy atom. The van der Waals surface area contributed by atoms with Crippen molar-refractivity contribution in [1.29, 1.82) is 0 Å². The molecule has 28 heavy (non-hydrogen) atoms. The lowest BCUT2D eigenvalue weighted by molar-refractivity contribution is 0.0946. The molecule has 1 aromatic carbocycles. The topological polar surface area (TPSA) is 118 Å². The van der Waals surface area contributed by atoms with Gasteiger partial charge >= 0.3 is 0 Å². The van der Waals surface area contributed by atoms with E-state index >= 15 is 0 Å². The van der Waals surface area contributed by atoms with E-state index in [1.807, 2.05) is 0 Å². The molecule has 4 rings (SSSR count). The van der Waals surface area contributed by atoms with Gasteiger partial charge in [-0.2, -0.15) is 4.98 Å². The lowest BCUT2D eigenvalue weighted by atomic mass is 10.2. The predicted octanol–water partition coefficient (Wildman–Crippen LogP) is 1.60. The Balaban J connectivity index is 1.43. The molecule has 2 aromatic heterocycles. The molecule has 0 spiro atoms. The van der Waals surface area contributed by atoms with Crippen LogP contribution >= 0.6 is 0 Å². The highest BCUT2D eigenvalue weighted by atomic mass is 32.2. The Hall–Kier alpha value is -3.27. The van der Waals surface area contributed by atoms with Crippen LogP contribution in [0.5, 0.6) is 0 Å². The Labute approximate surface area is 161 Å². The monoisotopic (exact) mass is 399 g/mol. The number of amides is 1. The van der Waals surface area contributed by atoms with E-state index in [9.17, 15) is 13.2 Å². The molecule has 1 N–H and O–H groups in total. The third-order valence-electron chi connectivity index (χ3n) is 4.28. The molecule has 1 amide bonds. The summed E-state index contributed by atoms with van der Waals surface area (Å²) in [6, 6.07) is 10.1. The van der Waals surface area contributed by atoms with E-state index in [-0.39, 0.29) is 24.1 Å². The van der Waals surface area contributed by atoms with Crippen molar-refractivity contribution >= 4 is 21.6 Å². The van der Waals surface area contributed by atoms with Crippen molar-refractivity contribution in [2.45, 2.75) is 13.0 Å². The summed E-state index contributed by atoms with van der Waals surface area (Å²) in [5, 5.41) is 6.57. The van der Waals surface area contributed by atoms with Crippen LogP contribution in [-0.2, 0) is 16.6 Å². The molecule has 0 atom stereocenters. The summed E-state index contributed by atoms with van der Waals surface area (Å²) >= 11 is 0. The lowest BCUT2D eigenvalue weighted by Crippen LogP contribution is -2.26. The zero-order valence-electron chi connectivity index (χ0n) is 14.8. The maximum Gasteiger partial charge on any atom is 0.251 e. The maximum absolute atomic E-state index is 12.4. The quantitative estimate of drug-likeness (QED) is 0.692. The van der Waals surface area contributed by atoms with E-state index in [2.05, 4.69) is 20.4 Å². The average Bonchev–Trinajstić information content (AvgIpc) is 3.33. The minimum absolute atomic E-state index is 0.0539. The van der Waals surface area contributed by atoms with Crippen molar-refractivity contribution in [3.63, 3.8) is 0 Å². The molecule has 1 fully saturated rings. The first-order valence-corrected chi connectivity index (χ1v) is 10.3. The third-order valence-corrected chi connectivity index (χ3v) is 6.15. The van der Waals surface area contributed by atoms with E-state index in [0.717, 1.165) is 0 Å². The molecule has 0 unspecified atom stereocenters. The Bertz CT molecular complexity index is 1100. The molecule has 144 valence electrons. The molecule has 0 bridgehead atoms. The van der Waals surface area contributed by atoms with Crippen LogP contribution in [0.4, 0.5) is 5.69 Å². The molecular weight excluding hydrogens is 382 g/mol. The predicted molar refractivity (Wildman–Crippen MR) is 101 cm³/mol. The second kappa shape index (κ2) is 7.39. The van der Waals surface area contributed by atoms with Gasteiger partial charge in [0.05, 0.1) is 18.0 Å². The van der Waals surface area contributed by atoms with Crippen LogP contribution in [-0.4, -0.2) is 41.7 Å². The molecule has 0 saturated carbocycles. The van der Waals surface area contributed by atoms with Gasteiger partial charge in [-0.05, 0) is 36.8 Å².